The van der Waals surface area contributed by atoms with Crippen LogP contribution in [0.1, 0.15) is 72.1 Å². The number of hydrogen-bond donors (Lipinski definition) is 2. The Morgan fingerprint density at radius 3 is 2.56 bits per heavy atom. The molecular weight excluding hydrogens is 548 g/mol. The fourth-order valence-corrected chi connectivity index (χ4v) is 9.29. The maximum atomic E-state index is 13.2. The van der Waals surface area contributed by atoms with Gasteiger partial charge in [-0.25, -0.2) is 18.9 Å². The summed E-state index contributed by atoms with van der Waals surface area (Å²) in [5.74, 6) is 1.54. The molecule has 3 aromatic rings. The van der Waals surface area contributed by atoms with E-state index in [-0.39, 0.29) is 10.3 Å². The molecule has 0 unspecified atom stereocenters. The van der Waals surface area contributed by atoms with E-state index in [1.54, 1.807) is 11.8 Å². The van der Waals surface area contributed by atoms with Crippen molar-refractivity contribution in [2.45, 2.75) is 92.2 Å². The van der Waals surface area contributed by atoms with Crippen LogP contribution < -0.4 is 15.4 Å². The van der Waals surface area contributed by atoms with Crippen LogP contribution in [0.15, 0.2) is 46.6 Å². The van der Waals surface area contributed by atoms with E-state index in [0.717, 1.165) is 60.2 Å². The molecule has 1 aliphatic heterocycles. The number of nitrogens with two attached hydrogens (primary N) is 1. The largest absolute Gasteiger partial charge is 0.397 e. The normalized spacial score (nSPS) is 23.3. The van der Waals surface area contributed by atoms with Crippen molar-refractivity contribution in [1.82, 2.24) is 19.1 Å². The topological polar surface area (TPSA) is 88.5 Å². The molecule has 3 fully saturated rings. The number of benzene rings is 1. The number of hydrogen-bond acceptors (Lipinski definition) is 6. The van der Waals surface area contributed by atoms with E-state index in [2.05, 4.69) is 39.8 Å². The zero-order valence-corrected chi connectivity index (χ0v) is 25.5. The SMILES string of the molecule is CC(C)(C)[S@@](=O)NC1([C@@H]2CCCC23CCN(c2ncc(Sc4cccc(N)c4Cl)c4nccn24)CC3)CCC1. The van der Waals surface area contributed by atoms with Crippen LogP contribution in [0, 0.1) is 11.3 Å². The Morgan fingerprint density at radius 1 is 1.10 bits per heavy atom. The van der Waals surface area contributed by atoms with Crippen molar-refractivity contribution in [1.29, 1.82) is 0 Å². The predicted octanol–water partition coefficient (Wildman–Crippen LogP) is 6.48. The van der Waals surface area contributed by atoms with Gasteiger partial charge in [0, 0.05) is 42.1 Å². The van der Waals surface area contributed by atoms with Gasteiger partial charge in [-0.1, -0.05) is 35.9 Å². The second-order valence-corrected chi connectivity index (χ2v) is 16.0. The minimum absolute atomic E-state index is 0.0354. The van der Waals surface area contributed by atoms with Crippen molar-refractivity contribution in [2.24, 2.45) is 11.3 Å². The lowest BCUT2D eigenvalue weighted by Gasteiger charge is -2.55. The Hall–Kier alpha value is -1.81. The van der Waals surface area contributed by atoms with Crippen LogP contribution in [0.4, 0.5) is 11.6 Å². The standard InChI is InChI=1S/C29H39ClN6OS2/c1-27(2,3)39(37)34-29(11-6-12-29)23-9-5-10-28(23)13-16-35(17-14-28)26-33-19-22(25-32-15-18-36(25)26)38-21-8-4-7-20(31)24(21)30/h4,7-8,15,18-19,23,34H,5-6,9-14,16-17,31H2,1-3H3/t23-,39-/m1/s1. The zero-order valence-electron chi connectivity index (χ0n) is 23.1. The van der Waals surface area contributed by atoms with Crippen molar-refractivity contribution in [3.63, 3.8) is 0 Å². The van der Waals surface area contributed by atoms with Crippen molar-refractivity contribution in [3.8, 4) is 0 Å². The lowest BCUT2D eigenvalue weighted by molar-refractivity contribution is 0.0251. The fourth-order valence-electron chi connectivity index (χ4n) is 7.08. The maximum absolute atomic E-state index is 13.2. The minimum Gasteiger partial charge on any atom is -0.397 e. The third-order valence-corrected chi connectivity index (χ3v) is 12.6. The highest BCUT2D eigenvalue weighted by Crippen LogP contribution is 2.59. The van der Waals surface area contributed by atoms with Crippen LogP contribution in [0.5, 0.6) is 0 Å². The first-order valence-corrected chi connectivity index (χ1v) is 16.4. The van der Waals surface area contributed by atoms with E-state index in [1.165, 1.54) is 25.7 Å². The average molecular weight is 587 g/mol. The van der Waals surface area contributed by atoms with E-state index < -0.39 is 11.0 Å². The van der Waals surface area contributed by atoms with Gasteiger partial charge in [-0.15, -0.1) is 0 Å². The Kier molecular flexibility index (Phi) is 7.18. The first-order valence-electron chi connectivity index (χ1n) is 14.1. The van der Waals surface area contributed by atoms with Gasteiger partial charge in [-0.2, -0.15) is 0 Å². The summed E-state index contributed by atoms with van der Waals surface area (Å²) in [6, 6.07) is 5.70. The molecule has 3 heterocycles. The van der Waals surface area contributed by atoms with Gasteiger partial charge in [0.15, 0.2) is 5.65 Å². The summed E-state index contributed by atoms with van der Waals surface area (Å²) in [7, 11) is -1.04. The highest BCUT2D eigenvalue weighted by molar-refractivity contribution is 7.99. The van der Waals surface area contributed by atoms with Crippen molar-refractivity contribution in [2.75, 3.05) is 23.7 Å². The second-order valence-electron chi connectivity index (χ2n) is 12.6. The van der Waals surface area contributed by atoms with E-state index in [9.17, 15) is 4.21 Å². The highest BCUT2D eigenvalue weighted by Gasteiger charge is 2.57. The monoisotopic (exact) mass is 586 g/mol. The van der Waals surface area contributed by atoms with Gasteiger partial charge in [-0.3, -0.25) is 4.40 Å². The molecule has 2 saturated carbocycles. The summed E-state index contributed by atoms with van der Waals surface area (Å²) < 4.78 is 18.7. The summed E-state index contributed by atoms with van der Waals surface area (Å²) in [6.45, 7) is 8.17. The quantitative estimate of drug-likeness (QED) is 0.322. The Labute approximate surface area is 243 Å². The molecule has 1 saturated heterocycles. The molecule has 3 aliphatic rings. The van der Waals surface area contributed by atoms with Gasteiger partial charge in [0.05, 0.1) is 31.3 Å². The number of piperidine rings is 1. The highest BCUT2D eigenvalue weighted by atomic mass is 35.5. The molecule has 2 aromatic heterocycles. The van der Waals surface area contributed by atoms with Crippen molar-refractivity contribution in [3.05, 3.63) is 41.8 Å². The van der Waals surface area contributed by atoms with Gasteiger partial charge in [0.1, 0.15) is 0 Å². The second kappa shape index (κ2) is 10.2. The molecule has 2 aliphatic carbocycles. The van der Waals surface area contributed by atoms with Crippen LogP contribution >= 0.6 is 23.4 Å². The molecule has 0 bridgehead atoms. The number of halogens is 1. The van der Waals surface area contributed by atoms with E-state index in [1.807, 2.05) is 36.8 Å². The van der Waals surface area contributed by atoms with Gasteiger partial charge in [-0.05, 0) is 89.2 Å². The number of anilines is 2. The lowest BCUT2D eigenvalue weighted by atomic mass is 9.57. The molecule has 10 heteroatoms. The Bertz CT molecular complexity index is 1390. The molecule has 1 aromatic carbocycles. The molecule has 3 N–H and O–H groups in total. The Morgan fingerprint density at radius 2 is 1.87 bits per heavy atom. The minimum atomic E-state index is -1.04. The molecule has 6 rings (SSSR count). The molecule has 0 radical (unpaired) electrons. The number of rotatable bonds is 6. The van der Waals surface area contributed by atoms with Gasteiger partial charge in [0.25, 0.3) is 0 Å². The van der Waals surface area contributed by atoms with Crippen LogP contribution in [0.2, 0.25) is 5.02 Å². The number of imidazole rings is 1. The van der Waals surface area contributed by atoms with Crippen LogP contribution in [0.25, 0.3) is 5.65 Å². The maximum Gasteiger partial charge on any atom is 0.211 e. The number of nitrogen functional groups attached to an aromatic ring is 1. The summed E-state index contributed by atoms with van der Waals surface area (Å²) in [5, 5.41) is 0.564. The fraction of sp³-hybridized carbons (Fsp3) is 0.586. The van der Waals surface area contributed by atoms with Crippen molar-refractivity contribution < 1.29 is 4.21 Å². The van der Waals surface area contributed by atoms with Crippen LogP contribution in [0.3, 0.4) is 0 Å². The molecule has 1 spiro atoms. The summed E-state index contributed by atoms with van der Waals surface area (Å²) in [6.07, 6.45) is 15.4. The summed E-state index contributed by atoms with van der Waals surface area (Å²) in [4.78, 5) is 13.9. The van der Waals surface area contributed by atoms with Gasteiger partial charge >= 0.3 is 0 Å². The number of aromatic nitrogens is 3. The molecule has 39 heavy (non-hydrogen) atoms. The lowest BCUT2D eigenvalue weighted by Crippen LogP contribution is -2.62. The summed E-state index contributed by atoms with van der Waals surface area (Å²) >= 11 is 8.01. The first kappa shape index (κ1) is 27.4. The number of nitrogens with zero attached hydrogens (tertiary/aromatic N) is 4. The smallest absolute Gasteiger partial charge is 0.211 e. The first-order chi connectivity index (χ1) is 18.6. The predicted molar refractivity (Wildman–Crippen MR) is 162 cm³/mol. The number of fused-ring (bicyclic) bond motifs is 1. The van der Waals surface area contributed by atoms with Crippen LogP contribution in [-0.4, -0.2) is 42.0 Å². The number of nitrogens with one attached hydrogen (secondary N) is 1. The average Bonchev–Trinajstić information content (AvgIpc) is 3.53. The van der Waals surface area contributed by atoms with E-state index in [0.29, 0.717) is 22.0 Å². The van der Waals surface area contributed by atoms with Gasteiger partial charge < -0.3 is 10.6 Å². The molecular formula is C29H39ClN6OS2. The van der Waals surface area contributed by atoms with E-state index >= 15 is 0 Å². The van der Waals surface area contributed by atoms with Gasteiger partial charge in [0.2, 0.25) is 5.95 Å². The third-order valence-electron chi connectivity index (χ3n) is 9.30. The Balaban J connectivity index is 1.21. The van der Waals surface area contributed by atoms with E-state index in [4.69, 9.17) is 22.3 Å². The molecule has 210 valence electrons. The van der Waals surface area contributed by atoms with Crippen LogP contribution in [-0.2, 0) is 11.0 Å². The summed E-state index contributed by atoms with van der Waals surface area (Å²) in [5.41, 5.74) is 7.83. The zero-order chi connectivity index (χ0) is 27.4. The molecule has 7 nitrogen and oxygen atoms in total. The molecule has 0 amide bonds. The molecule has 2 atom stereocenters. The third kappa shape index (κ3) is 4.87. The van der Waals surface area contributed by atoms with Crippen molar-refractivity contribution >= 4 is 51.6 Å².